The average Bonchev–Trinajstić information content (AvgIpc) is 2.29. The summed E-state index contributed by atoms with van der Waals surface area (Å²) in [6, 6.07) is 9.29. The molecule has 0 spiro atoms. The Labute approximate surface area is 107 Å². The maximum atomic E-state index is 3.47. The molecule has 0 heterocycles. The van der Waals surface area contributed by atoms with Crippen molar-refractivity contribution in [2.24, 2.45) is 5.41 Å². The molecule has 0 aliphatic rings. The summed E-state index contributed by atoms with van der Waals surface area (Å²) in [4.78, 5) is 0. The van der Waals surface area contributed by atoms with Crippen LogP contribution in [-0.2, 0) is 6.42 Å². The fraction of sp³-hybridized carbons (Fsp3) is 0.625. The summed E-state index contributed by atoms with van der Waals surface area (Å²) < 4.78 is 0. The predicted octanol–water partition coefficient (Wildman–Crippen LogP) is 4.34. The SMILES string of the molecule is CCc1ccccc1C(CCC(C)(C)C)NC. The highest BCUT2D eigenvalue weighted by Crippen LogP contribution is 2.28. The van der Waals surface area contributed by atoms with Crippen LogP contribution < -0.4 is 5.32 Å². The van der Waals surface area contributed by atoms with Gasteiger partial charge in [-0.3, -0.25) is 0 Å². The molecule has 0 fully saturated rings. The van der Waals surface area contributed by atoms with Gasteiger partial charge in [0.05, 0.1) is 0 Å². The van der Waals surface area contributed by atoms with Gasteiger partial charge in [0.25, 0.3) is 0 Å². The number of rotatable bonds is 5. The van der Waals surface area contributed by atoms with Gasteiger partial charge in [-0.15, -0.1) is 0 Å². The largest absolute Gasteiger partial charge is 0.313 e. The Hall–Kier alpha value is -0.820. The lowest BCUT2D eigenvalue weighted by atomic mass is 9.86. The molecular formula is C16H27N. The van der Waals surface area contributed by atoms with Crippen LogP contribution in [0.4, 0.5) is 0 Å². The van der Waals surface area contributed by atoms with E-state index in [1.165, 1.54) is 24.0 Å². The molecule has 96 valence electrons. The summed E-state index contributed by atoms with van der Waals surface area (Å²) in [6.45, 7) is 9.16. The lowest BCUT2D eigenvalue weighted by Gasteiger charge is -2.24. The van der Waals surface area contributed by atoms with Crippen LogP contribution in [0, 0.1) is 5.41 Å². The van der Waals surface area contributed by atoms with Crippen molar-refractivity contribution >= 4 is 0 Å². The second kappa shape index (κ2) is 6.20. The van der Waals surface area contributed by atoms with E-state index in [4.69, 9.17) is 0 Å². The first-order valence-corrected chi connectivity index (χ1v) is 6.73. The van der Waals surface area contributed by atoms with E-state index in [1.807, 2.05) is 0 Å². The molecule has 0 amide bonds. The maximum absolute atomic E-state index is 3.47. The van der Waals surface area contributed by atoms with Gasteiger partial charge in [0.15, 0.2) is 0 Å². The first kappa shape index (κ1) is 14.2. The zero-order valence-electron chi connectivity index (χ0n) is 12.0. The minimum atomic E-state index is 0.413. The second-order valence-electron chi connectivity index (χ2n) is 5.99. The third-order valence-electron chi connectivity index (χ3n) is 3.34. The third kappa shape index (κ3) is 4.51. The van der Waals surface area contributed by atoms with E-state index in [2.05, 4.69) is 64.3 Å². The topological polar surface area (TPSA) is 12.0 Å². The lowest BCUT2D eigenvalue weighted by Crippen LogP contribution is -2.20. The predicted molar refractivity (Wildman–Crippen MR) is 76.3 cm³/mol. The Morgan fingerprint density at radius 1 is 1.18 bits per heavy atom. The summed E-state index contributed by atoms with van der Waals surface area (Å²) in [6.07, 6.45) is 3.57. The zero-order chi connectivity index (χ0) is 12.9. The molecule has 0 aliphatic heterocycles. The molecule has 17 heavy (non-hydrogen) atoms. The van der Waals surface area contributed by atoms with E-state index in [-0.39, 0.29) is 0 Å². The maximum Gasteiger partial charge on any atom is 0.0320 e. The summed E-state index contributed by atoms with van der Waals surface area (Å²) >= 11 is 0. The molecule has 1 atom stereocenters. The van der Waals surface area contributed by atoms with Gasteiger partial charge in [-0.05, 0) is 42.9 Å². The van der Waals surface area contributed by atoms with Crippen LogP contribution in [0.1, 0.15) is 57.7 Å². The van der Waals surface area contributed by atoms with Crippen LogP contribution in [0.5, 0.6) is 0 Å². The van der Waals surface area contributed by atoms with Crippen LogP contribution in [0.3, 0.4) is 0 Å². The van der Waals surface area contributed by atoms with Crippen molar-refractivity contribution in [2.45, 2.75) is 53.0 Å². The van der Waals surface area contributed by atoms with E-state index >= 15 is 0 Å². The number of hydrogen-bond donors (Lipinski definition) is 1. The van der Waals surface area contributed by atoms with E-state index < -0.39 is 0 Å². The normalized spacial score (nSPS) is 13.7. The Morgan fingerprint density at radius 3 is 2.35 bits per heavy atom. The van der Waals surface area contributed by atoms with Gasteiger partial charge in [-0.1, -0.05) is 52.0 Å². The van der Waals surface area contributed by atoms with Gasteiger partial charge in [0.1, 0.15) is 0 Å². The molecule has 0 radical (unpaired) electrons. The number of benzene rings is 1. The molecule has 1 unspecified atom stereocenters. The molecule has 1 aromatic rings. The Bertz CT molecular complexity index is 336. The van der Waals surface area contributed by atoms with Gasteiger partial charge in [-0.2, -0.15) is 0 Å². The molecule has 1 heteroatoms. The van der Waals surface area contributed by atoms with Crippen LogP contribution in [-0.4, -0.2) is 7.05 Å². The van der Waals surface area contributed by atoms with Crippen LogP contribution in [0.2, 0.25) is 0 Å². The van der Waals surface area contributed by atoms with Crippen molar-refractivity contribution in [1.82, 2.24) is 5.32 Å². The molecule has 1 aromatic carbocycles. The number of aryl methyl sites for hydroxylation is 1. The minimum Gasteiger partial charge on any atom is -0.313 e. The molecule has 0 aliphatic carbocycles. The Kier molecular flexibility index (Phi) is 5.20. The highest BCUT2D eigenvalue weighted by molar-refractivity contribution is 5.30. The number of nitrogens with one attached hydrogen (secondary N) is 1. The van der Waals surface area contributed by atoms with Crippen LogP contribution in [0.25, 0.3) is 0 Å². The van der Waals surface area contributed by atoms with Gasteiger partial charge in [0, 0.05) is 6.04 Å². The zero-order valence-corrected chi connectivity index (χ0v) is 12.0. The third-order valence-corrected chi connectivity index (χ3v) is 3.34. The van der Waals surface area contributed by atoms with Gasteiger partial charge in [0.2, 0.25) is 0 Å². The highest BCUT2D eigenvalue weighted by atomic mass is 14.9. The first-order valence-electron chi connectivity index (χ1n) is 6.73. The average molecular weight is 233 g/mol. The molecule has 1 N–H and O–H groups in total. The Balaban J connectivity index is 2.79. The van der Waals surface area contributed by atoms with E-state index in [9.17, 15) is 0 Å². The van der Waals surface area contributed by atoms with Crippen LogP contribution >= 0.6 is 0 Å². The molecule has 0 bridgehead atoms. The summed E-state index contributed by atoms with van der Waals surface area (Å²) in [7, 11) is 2.07. The molecule has 0 saturated heterocycles. The first-order chi connectivity index (χ1) is 7.98. The van der Waals surface area contributed by atoms with Crippen molar-refractivity contribution < 1.29 is 0 Å². The molecular weight excluding hydrogens is 206 g/mol. The fourth-order valence-corrected chi connectivity index (χ4v) is 2.23. The molecule has 0 saturated carbocycles. The smallest absolute Gasteiger partial charge is 0.0320 e. The standard InChI is InChI=1S/C16H27N/c1-6-13-9-7-8-10-14(13)15(17-5)11-12-16(2,3)4/h7-10,15,17H,6,11-12H2,1-5H3. The summed E-state index contributed by atoms with van der Waals surface area (Å²) in [5.41, 5.74) is 3.36. The van der Waals surface area contributed by atoms with Gasteiger partial charge >= 0.3 is 0 Å². The quantitative estimate of drug-likeness (QED) is 0.798. The lowest BCUT2D eigenvalue weighted by molar-refractivity contribution is 0.337. The minimum absolute atomic E-state index is 0.413. The van der Waals surface area contributed by atoms with Crippen molar-refractivity contribution in [3.8, 4) is 0 Å². The van der Waals surface area contributed by atoms with Gasteiger partial charge in [-0.25, -0.2) is 0 Å². The van der Waals surface area contributed by atoms with Gasteiger partial charge < -0.3 is 5.32 Å². The summed E-state index contributed by atoms with van der Waals surface area (Å²) in [5.74, 6) is 0. The van der Waals surface area contributed by atoms with Crippen molar-refractivity contribution in [1.29, 1.82) is 0 Å². The van der Waals surface area contributed by atoms with E-state index in [1.54, 1.807) is 0 Å². The van der Waals surface area contributed by atoms with Crippen molar-refractivity contribution in [2.75, 3.05) is 7.05 Å². The fourth-order valence-electron chi connectivity index (χ4n) is 2.23. The second-order valence-corrected chi connectivity index (χ2v) is 5.99. The highest BCUT2D eigenvalue weighted by Gasteiger charge is 2.17. The van der Waals surface area contributed by atoms with E-state index in [0.717, 1.165) is 6.42 Å². The van der Waals surface area contributed by atoms with Crippen LogP contribution in [0.15, 0.2) is 24.3 Å². The number of hydrogen-bond acceptors (Lipinski definition) is 1. The monoisotopic (exact) mass is 233 g/mol. The van der Waals surface area contributed by atoms with Crippen molar-refractivity contribution in [3.05, 3.63) is 35.4 Å². The molecule has 1 nitrogen and oxygen atoms in total. The summed E-state index contributed by atoms with van der Waals surface area (Å²) in [5, 5.41) is 3.47. The molecule has 0 aromatic heterocycles. The van der Waals surface area contributed by atoms with Crippen molar-refractivity contribution in [3.63, 3.8) is 0 Å². The Morgan fingerprint density at radius 2 is 1.82 bits per heavy atom. The molecule has 1 rings (SSSR count). The van der Waals surface area contributed by atoms with E-state index in [0.29, 0.717) is 11.5 Å².